The second-order valence-electron chi connectivity index (χ2n) is 9.65. The molecule has 186 valence electrons. The fraction of sp³-hybridized carbons (Fsp3) is 0.345. The van der Waals surface area contributed by atoms with Crippen LogP contribution in [0.5, 0.6) is 0 Å². The highest BCUT2D eigenvalue weighted by molar-refractivity contribution is 6.06. The molecule has 1 aromatic carbocycles. The molecule has 2 aromatic heterocycles. The van der Waals surface area contributed by atoms with E-state index in [1.807, 2.05) is 36.5 Å². The van der Waals surface area contributed by atoms with Gasteiger partial charge >= 0.3 is 0 Å². The molecule has 1 aliphatic heterocycles. The Balaban J connectivity index is 1.47. The van der Waals surface area contributed by atoms with E-state index in [1.165, 1.54) is 30.4 Å². The van der Waals surface area contributed by atoms with Crippen molar-refractivity contribution in [2.75, 3.05) is 37.2 Å². The number of anilines is 2. The lowest BCUT2D eigenvalue weighted by molar-refractivity contribution is 0.357. The van der Waals surface area contributed by atoms with Crippen LogP contribution in [0.1, 0.15) is 60.4 Å². The van der Waals surface area contributed by atoms with Crippen LogP contribution in [0, 0.1) is 0 Å². The van der Waals surface area contributed by atoms with E-state index in [0.29, 0.717) is 17.3 Å². The summed E-state index contributed by atoms with van der Waals surface area (Å²) in [6.07, 6.45) is 9.13. The maximum Gasteiger partial charge on any atom is 0.139 e. The number of piperazine rings is 1. The SMILES string of the molecule is C=C(N=C(c1c(N)cncc1C1CCC1)N1CCNCC1)c1ccnc(N[C@H](C)c2ccccc2)c1. The van der Waals surface area contributed by atoms with Gasteiger partial charge in [-0.25, -0.2) is 9.98 Å². The van der Waals surface area contributed by atoms with Gasteiger partial charge in [0.1, 0.15) is 11.7 Å². The lowest BCUT2D eigenvalue weighted by Crippen LogP contribution is -2.47. The molecule has 7 heteroatoms. The van der Waals surface area contributed by atoms with Gasteiger partial charge < -0.3 is 21.3 Å². The third-order valence-electron chi connectivity index (χ3n) is 7.19. The molecule has 1 saturated carbocycles. The number of nitrogens with two attached hydrogens (primary N) is 1. The van der Waals surface area contributed by atoms with Crippen LogP contribution in [-0.2, 0) is 0 Å². The highest BCUT2D eigenvalue weighted by Crippen LogP contribution is 2.39. The number of rotatable bonds is 7. The molecule has 4 N–H and O–H groups in total. The summed E-state index contributed by atoms with van der Waals surface area (Å²) in [6, 6.07) is 14.5. The van der Waals surface area contributed by atoms with Crippen molar-refractivity contribution in [2.45, 2.75) is 38.1 Å². The molecule has 2 aliphatic rings. The Morgan fingerprint density at radius 1 is 1.17 bits per heavy atom. The Labute approximate surface area is 213 Å². The predicted octanol–water partition coefficient (Wildman–Crippen LogP) is 4.82. The van der Waals surface area contributed by atoms with Gasteiger partial charge in [-0.15, -0.1) is 0 Å². The number of aliphatic imine (C=N–C) groups is 1. The zero-order valence-electron chi connectivity index (χ0n) is 21.0. The summed E-state index contributed by atoms with van der Waals surface area (Å²) in [6.45, 7) is 10.1. The number of aromatic nitrogens is 2. The number of hydrogen-bond acceptors (Lipinski definition) is 6. The van der Waals surface area contributed by atoms with Crippen molar-refractivity contribution in [1.82, 2.24) is 20.2 Å². The molecular weight excluding hydrogens is 446 g/mol. The summed E-state index contributed by atoms with van der Waals surface area (Å²) in [7, 11) is 0. The molecule has 1 saturated heterocycles. The number of pyridine rings is 2. The highest BCUT2D eigenvalue weighted by Gasteiger charge is 2.28. The monoisotopic (exact) mass is 481 g/mol. The van der Waals surface area contributed by atoms with Crippen molar-refractivity contribution in [3.05, 3.63) is 89.9 Å². The van der Waals surface area contributed by atoms with Crippen molar-refractivity contribution in [1.29, 1.82) is 0 Å². The van der Waals surface area contributed by atoms with Crippen molar-refractivity contribution in [3.8, 4) is 0 Å². The second-order valence-corrected chi connectivity index (χ2v) is 9.65. The van der Waals surface area contributed by atoms with Crippen LogP contribution in [0.3, 0.4) is 0 Å². The Hall–Kier alpha value is -3.71. The minimum Gasteiger partial charge on any atom is -0.397 e. The summed E-state index contributed by atoms with van der Waals surface area (Å²) >= 11 is 0. The fourth-order valence-corrected chi connectivity index (χ4v) is 4.87. The zero-order chi connectivity index (χ0) is 24.9. The number of nitrogen functional groups attached to an aromatic ring is 1. The largest absolute Gasteiger partial charge is 0.397 e. The van der Waals surface area contributed by atoms with E-state index in [4.69, 9.17) is 10.7 Å². The first-order chi connectivity index (χ1) is 17.6. The van der Waals surface area contributed by atoms with Gasteiger partial charge in [0.05, 0.1) is 17.6 Å². The number of nitrogens with zero attached hydrogens (tertiary/aromatic N) is 4. The zero-order valence-corrected chi connectivity index (χ0v) is 21.0. The molecule has 5 rings (SSSR count). The molecule has 0 spiro atoms. The Kier molecular flexibility index (Phi) is 7.28. The molecular formula is C29H35N7. The van der Waals surface area contributed by atoms with E-state index < -0.39 is 0 Å². The number of hydrogen-bond donors (Lipinski definition) is 3. The van der Waals surface area contributed by atoms with Crippen LogP contribution in [0.25, 0.3) is 5.70 Å². The van der Waals surface area contributed by atoms with Crippen molar-refractivity contribution in [3.63, 3.8) is 0 Å². The third kappa shape index (κ3) is 5.26. The van der Waals surface area contributed by atoms with E-state index in [9.17, 15) is 0 Å². The maximum absolute atomic E-state index is 6.56. The molecule has 3 aromatic rings. The normalized spacial score (nSPS) is 17.4. The summed E-state index contributed by atoms with van der Waals surface area (Å²) in [4.78, 5) is 16.4. The summed E-state index contributed by atoms with van der Waals surface area (Å²) in [5.41, 5.74) is 12.3. The standard InChI is InChI=1S/C29H35N7/c1-20(22-7-4-3-5-8-22)34-27-17-24(11-12-33-27)21(2)35-29(36-15-13-31-14-16-36)28-25(23-9-6-10-23)18-32-19-26(28)30/h3-5,7-8,11-12,17-20,23,31H,2,6,9-10,13-16,30H2,1H3,(H,33,34)/t20-/m1/s1. The number of benzene rings is 1. The predicted molar refractivity (Wildman–Crippen MR) is 148 cm³/mol. The Morgan fingerprint density at radius 3 is 2.67 bits per heavy atom. The van der Waals surface area contributed by atoms with Gasteiger partial charge in [-0.3, -0.25) is 4.98 Å². The van der Waals surface area contributed by atoms with E-state index in [0.717, 1.165) is 49.0 Å². The summed E-state index contributed by atoms with van der Waals surface area (Å²) in [5, 5.41) is 6.94. The molecule has 0 unspecified atom stereocenters. The smallest absolute Gasteiger partial charge is 0.139 e. The minimum atomic E-state index is 0.128. The lowest BCUT2D eigenvalue weighted by atomic mass is 9.78. The van der Waals surface area contributed by atoms with Gasteiger partial charge in [0, 0.05) is 55.7 Å². The van der Waals surface area contributed by atoms with E-state index in [-0.39, 0.29) is 6.04 Å². The van der Waals surface area contributed by atoms with E-state index >= 15 is 0 Å². The van der Waals surface area contributed by atoms with Gasteiger partial charge in [0.2, 0.25) is 0 Å². The quantitative estimate of drug-likeness (QED) is 0.331. The third-order valence-corrected chi connectivity index (χ3v) is 7.19. The van der Waals surface area contributed by atoms with Crippen LogP contribution in [0.15, 0.2) is 72.6 Å². The Morgan fingerprint density at radius 2 is 1.94 bits per heavy atom. The van der Waals surface area contributed by atoms with Gasteiger partial charge in [0.15, 0.2) is 0 Å². The lowest BCUT2D eigenvalue weighted by Gasteiger charge is -2.34. The molecule has 0 radical (unpaired) electrons. The van der Waals surface area contributed by atoms with Crippen molar-refractivity contribution < 1.29 is 0 Å². The van der Waals surface area contributed by atoms with Gasteiger partial charge in [-0.1, -0.05) is 43.3 Å². The molecule has 0 bridgehead atoms. The average molecular weight is 482 g/mol. The summed E-state index contributed by atoms with van der Waals surface area (Å²) in [5.74, 6) is 2.18. The van der Waals surface area contributed by atoms with Crippen LogP contribution >= 0.6 is 0 Å². The summed E-state index contributed by atoms with van der Waals surface area (Å²) < 4.78 is 0. The number of amidine groups is 1. The van der Waals surface area contributed by atoms with Gasteiger partial charge in [0.25, 0.3) is 0 Å². The van der Waals surface area contributed by atoms with Crippen molar-refractivity contribution in [2.24, 2.45) is 4.99 Å². The van der Waals surface area contributed by atoms with Crippen LogP contribution in [0.2, 0.25) is 0 Å². The van der Waals surface area contributed by atoms with Crippen LogP contribution in [-0.4, -0.2) is 46.9 Å². The average Bonchev–Trinajstić information content (AvgIpc) is 2.88. The van der Waals surface area contributed by atoms with Crippen LogP contribution < -0.4 is 16.4 Å². The van der Waals surface area contributed by atoms with E-state index in [1.54, 1.807) is 12.4 Å². The minimum absolute atomic E-state index is 0.128. The molecule has 7 nitrogen and oxygen atoms in total. The first-order valence-electron chi connectivity index (χ1n) is 12.8. The maximum atomic E-state index is 6.56. The topological polar surface area (TPSA) is 91.5 Å². The molecule has 2 fully saturated rings. The van der Waals surface area contributed by atoms with Gasteiger partial charge in [-0.05, 0) is 48.9 Å². The van der Waals surface area contributed by atoms with Crippen molar-refractivity contribution >= 4 is 23.0 Å². The first kappa shape index (κ1) is 24.0. The Bertz CT molecular complexity index is 1230. The fourth-order valence-electron chi connectivity index (χ4n) is 4.87. The first-order valence-corrected chi connectivity index (χ1v) is 12.8. The molecule has 1 atom stereocenters. The molecule has 1 aliphatic carbocycles. The molecule has 36 heavy (non-hydrogen) atoms. The molecule has 0 amide bonds. The van der Waals surface area contributed by atoms with Gasteiger partial charge in [-0.2, -0.15) is 0 Å². The highest BCUT2D eigenvalue weighted by atomic mass is 15.2. The molecule has 3 heterocycles. The van der Waals surface area contributed by atoms with E-state index in [2.05, 4.69) is 51.1 Å². The number of nitrogens with one attached hydrogen (secondary N) is 2. The second kappa shape index (κ2) is 10.9. The van der Waals surface area contributed by atoms with Crippen LogP contribution in [0.4, 0.5) is 11.5 Å².